The molecule has 6 rings (SSSR count). The molecule has 1 amide bonds. The van der Waals surface area contributed by atoms with Crippen LogP contribution in [0.5, 0.6) is 11.5 Å². The lowest BCUT2D eigenvalue weighted by molar-refractivity contribution is -0.129. The summed E-state index contributed by atoms with van der Waals surface area (Å²) in [5.74, 6) is 1.67. The maximum atomic E-state index is 13.6. The first kappa shape index (κ1) is 37.7. The normalized spacial score (nSPS) is 19.0. The van der Waals surface area contributed by atoms with E-state index in [1.165, 1.54) is 16.7 Å². The summed E-state index contributed by atoms with van der Waals surface area (Å²) in [5.41, 5.74) is 8.21. The number of rotatable bonds is 10. The topological polar surface area (TPSA) is 91.0 Å². The Hall–Kier alpha value is -4.10. The number of fused-ring (bicyclic) bond motifs is 1. The third-order valence-electron chi connectivity index (χ3n) is 11.5. The summed E-state index contributed by atoms with van der Waals surface area (Å²) in [6.45, 7) is 14.8. The quantitative estimate of drug-likeness (QED) is 0.131. The second-order valence-corrected chi connectivity index (χ2v) is 15.9. The molecule has 3 aromatic rings. The highest BCUT2D eigenvalue weighted by Crippen LogP contribution is 2.46. The van der Waals surface area contributed by atoms with Gasteiger partial charge in [0.2, 0.25) is 0 Å². The Morgan fingerprint density at radius 3 is 2.37 bits per heavy atom. The Kier molecular flexibility index (Phi) is 10.7. The molecule has 1 spiro atoms. The first-order valence-corrected chi connectivity index (χ1v) is 18.8. The van der Waals surface area contributed by atoms with E-state index in [4.69, 9.17) is 21.1 Å². The summed E-state index contributed by atoms with van der Waals surface area (Å²) in [6, 6.07) is 12.9. The van der Waals surface area contributed by atoms with Crippen LogP contribution in [0.4, 0.5) is 0 Å². The number of hydrogen-bond acceptors (Lipinski definition) is 7. The van der Waals surface area contributed by atoms with E-state index in [0.717, 1.165) is 91.3 Å². The van der Waals surface area contributed by atoms with Gasteiger partial charge in [-0.1, -0.05) is 38.1 Å². The Balaban J connectivity index is 1.17. The van der Waals surface area contributed by atoms with E-state index in [2.05, 4.69) is 53.1 Å². The smallest absolute Gasteiger partial charge is 0.264 e. The minimum atomic E-state index is -0.443. The number of halogens is 1. The van der Waals surface area contributed by atoms with Gasteiger partial charge in [-0.3, -0.25) is 19.4 Å². The summed E-state index contributed by atoms with van der Waals surface area (Å²) in [4.78, 5) is 33.1. The largest absolute Gasteiger partial charge is 0.496 e. The van der Waals surface area contributed by atoms with Crippen LogP contribution in [-0.4, -0.2) is 77.0 Å². The number of hydrogen-bond donors (Lipinski definition) is 0. The molecule has 0 bridgehead atoms. The first-order valence-electron chi connectivity index (χ1n) is 18.3. The van der Waals surface area contributed by atoms with Gasteiger partial charge in [-0.25, -0.2) is 0 Å². The molecule has 9 nitrogen and oxygen atoms in total. The van der Waals surface area contributed by atoms with Gasteiger partial charge in [-0.2, -0.15) is 5.26 Å². The summed E-state index contributed by atoms with van der Waals surface area (Å²) in [6.07, 6.45) is 6.69. The van der Waals surface area contributed by atoms with Crippen molar-refractivity contribution in [2.24, 2.45) is 12.5 Å². The highest BCUT2D eigenvalue weighted by atomic mass is 35.5. The highest BCUT2D eigenvalue weighted by Gasteiger charge is 2.51. The fourth-order valence-corrected chi connectivity index (χ4v) is 8.14. The van der Waals surface area contributed by atoms with E-state index >= 15 is 0 Å². The number of aromatic nitrogens is 1. The Morgan fingerprint density at radius 1 is 1.06 bits per heavy atom. The monoisotopic (exact) mass is 725 g/mol. The van der Waals surface area contributed by atoms with E-state index in [0.29, 0.717) is 12.4 Å². The number of alkyl halides is 1. The Labute approximate surface area is 313 Å². The number of piperazine rings is 1. The van der Waals surface area contributed by atoms with Gasteiger partial charge in [0.25, 0.3) is 11.5 Å². The molecule has 0 unspecified atom stereocenters. The lowest BCUT2D eigenvalue weighted by Gasteiger charge is -2.43. The number of pyridine rings is 1. The third kappa shape index (κ3) is 7.26. The van der Waals surface area contributed by atoms with Gasteiger partial charge in [0.05, 0.1) is 25.8 Å². The van der Waals surface area contributed by atoms with Crippen molar-refractivity contribution >= 4 is 17.5 Å². The second kappa shape index (κ2) is 14.7. The summed E-state index contributed by atoms with van der Waals surface area (Å²) >= 11 is 6.11. The number of methoxy groups -OCH3 is 2. The number of aryl methyl sites for hydroxylation is 1. The van der Waals surface area contributed by atoms with Gasteiger partial charge in [0, 0.05) is 75.1 Å². The lowest BCUT2D eigenvalue weighted by Crippen LogP contribution is -2.54. The average Bonchev–Trinajstić information content (AvgIpc) is 3.91. The van der Waals surface area contributed by atoms with E-state index in [1.54, 1.807) is 31.9 Å². The van der Waals surface area contributed by atoms with Gasteiger partial charge in [-0.05, 0) is 85.4 Å². The van der Waals surface area contributed by atoms with Crippen LogP contribution in [0, 0.1) is 30.6 Å². The summed E-state index contributed by atoms with van der Waals surface area (Å²) in [5, 5.41) is 9.85. The zero-order chi connectivity index (χ0) is 37.5. The Bertz CT molecular complexity index is 1980. The molecule has 3 aliphatic rings. The molecule has 0 N–H and O–H groups in total. The van der Waals surface area contributed by atoms with Crippen molar-refractivity contribution < 1.29 is 14.3 Å². The van der Waals surface area contributed by atoms with Crippen LogP contribution < -0.4 is 15.0 Å². The fourth-order valence-electron chi connectivity index (χ4n) is 8.07. The number of nitrogens with zero attached hydrogens (tertiary/aromatic N) is 5. The van der Waals surface area contributed by atoms with Crippen LogP contribution in [-0.2, 0) is 31.4 Å². The minimum absolute atomic E-state index is 0.0100. The first-order chi connectivity index (χ1) is 24.7. The van der Waals surface area contributed by atoms with Crippen LogP contribution in [0.3, 0.4) is 0 Å². The molecule has 1 atom stereocenters. The maximum Gasteiger partial charge on any atom is 0.264 e. The van der Waals surface area contributed by atoms with Crippen molar-refractivity contribution in [3.63, 3.8) is 0 Å². The molecule has 1 aromatic heterocycles. The van der Waals surface area contributed by atoms with Gasteiger partial charge in [-0.15, -0.1) is 11.6 Å². The number of amides is 1. The molecule has 1 aliphatic carbocycles. The molecule has 10 heteroatoms. The molecule has 52 heavy (non-hydrogen) atoms. The molecule has 1 saturated carbocycles. The molecule has 3 heterocycles. The predicted octanol–water partition coefficient (Wildman–Crippen LogP) is 6.70. The SMILES string of the molecule is COc1cc(-c2cn(C)c(=O)c(C)c2C)cc(OC)c1CN1CCN(Cc2ccc3c(c2)[C@@H](C)N(C(=O)/C(C#N)=C/C(C)(C)CCl)CC3)C2(CC2)C1. The van der Waals surface area contributed by atoms with E-state index in [1.807, 2.05) is 38.8 Å². The van der Waals surface area contributed by atoms with Gasteiger partial charge >= 0.3 is 0 Å². The molecule has 1 saturated heterocycles. The second-order valence-electron chi connectivity index (χ2n) is 15.7. The summed E-state index contributed by atoms with van der Waals surface area (Å²) in [7, 11) is 5.20. The molecule has 276 valence electrons. The van der Waals surface area contributed by atoms with E-state index < -0.39 is 5.41 Å². The number of carbonyl (C=O) groups is 1. The van der Waals surface area contributed by atoms with Crippen LogP contribution in [0.25, 0.3) is 11.1 Å². The molecular formula is C42H52ClN5O4. The number of allylic oxidation sites excluding steroid dienone is 1. The zero-order valence-electron chi connectivity index (χ0n) is 31.9. The molecule has 2 aliphatic heterocycles. The van der Waals surface area contributed by atoms with E-state index in [-0.39, 0.29) is 28.6 Å². The van der Waals surface area contributed by atoms with Crippen molar-refractivity contribution in [3.8, 4) is 28.7 Å². The number of benzene rings is 2. The standard InChI is InChI=1S/C42H52ClN5O4/c1-27-28(2)39(49)45(6)23-35(27)32-18-37(51-7)36(38(19-32)52-8)24-46-15-16-47(42(26-46)12-13-42)22-30-9-10-31-11-14-48(29(3)34(31)17-30)40(50)33(21-44)20-41(4,5)25-43/h9-10,17-20,23,29H,11-16,22,24-26H2,1-8H3/b33-20+/t29-/m1/s1. The van der Waals surface area contributed by atoms with Crippen LogP contribution in [0.1, 0.15) is 73.0 Å². The number of nitriles is 1. The Morgan fingerprint density at radius 2 is 1.75 bits per heavy atom. The van der Waals surface area contributed by atoms with Crippen molar-refractivity contribution in [2.75, 3.05) is 46.3 Å². The predicted molar refractivity (Wildman–Crippen MR) is 206 cm³/mol. The molecule has 0 radical (unpaired) electrons. The van der Waals surface area contributed by atoms with Crippen LogP contribution in [0.2, 0.25) is 0 Å². The minimum Gasteiger partial charge on any atom is -0.496 e. The third-order valence-corrected chi connectivity index (χ3v) is 12.2. The van der Waals surface area contributed by atoms with Gasteiger partial charge < -0.3 is 18.9 Å². The molecule has 2 fully saturated rings. The van der Waals surface area contributed by atoms with Crippen LogP contribution in [0.15, 0.2) is 53.0 Å². The van der Waals surface area contributed by atoms with Crippen molar-refractivity contribution in [2.45, 2.75) is 78.6 Å². The lowest BCUT2D eigenvalue weighted by atomic mass is 9.89. The maximum absolute atomic E-state index is 13.6. The zero-order valence-corrected chi connectivity index (χ0v) is 32.7. The van der Waals surface area contributed by atoms with Crippen molar-refractivity contribution in [3.05, 3.63) is 91.9 Å². The average molecular weight is 726 g/mol. The van der Waals surface area contributed by atoms with Crippen molar-refractivity contribution in [1.29, 1.82) is 5.26 Å². The van der Waals surface area contributed by atoms with E-state index in [9.17, 15) is 14.9 Å². The fraction of sp³-hybridized carbons (Fsp3) is 0.500. The molecular weight excluding hydrogens is 674 g/mol. The van der Waals surface area contributed by atoms with Gasteiger partial charge in [0.1, 0.15) is 23.1 Å². The molecule has 2 aromatic carbocycles. The summed E-state index contributed by atoms with van der Waals surface area (Å²) < 4.78 is 13.6. The van der Waals surface area contributed by atoms with Gasteiger partial charge in [0.15, 0.2) is 0 Å². The number of carbonyl (C=O) groups excluding carboxylic acids is 1. The number of ether oxygens (including phenoxy) is 2. The van der Waals surface area contributed by atoms with Crippen molar-refractivity contribution in [1.82, 2.24) is 19.3 Å². The highest BCUT2D eigenvalue weighted by molar-refractivity contribution is 6.18. The van der Waals surface area contributed by atoms with Crippen LogP contribution >= 0.6 is 11.6 Å².